The van der Waals surface area contributed by atoms with Gasteiger partial charge in [-0.05, 0) is 5.75 Å². The highest BCUT2D eigenvalue weighted by molar-refractivity contribution is 7.80. The zero-order valence-corrected chi connectivity index (χ0v) is 12.0. The molecule has 0 aromatic rings. The third-order valence-corrected chi connectivity index (χ3v) is 3.20. The first-order chi connectivity index (χ1) is 9.87. The normalized spacial score (nSPS) is 15.9. The fraction of sp³-hybridized carbons (Fsp3) is 1.00. The highest BCUT2D eigenvalue weighted by atomic mass is 32.1. The second kappa shape index (κ2) is 6.10. The lowest BCUT2D eigenvalue weighted by atomic mass is 9.90. The molecule has 0 heterocycles. The quantitative estimate of drug-likeness (QED) is 0.409. The molecule has 0 aromatic carbocycles. The number of rotatable bonds is 8. The van der Waals surface area contributed by atoms with E-state index in [0.717, 1.165) is 0 Å². The van der Waals surface area contributed by atoms with Gasteiger partial charge in [0.2, 0.25) is 0 Å². The Hall–Kier alpha value is -0.490. The van der Waals surface area contributed by atoms with Crippen molar-refractivity contribution in [2.24, 2.45) is 0 Å². The van der Waals surface area contributed by atoms with E-state index in [1.54, 1.807) is 0 Å². The van der Waals surface area contributed by atoms with E-state index in [-0.39, 0.29) is 6.92 Å². The van der Waals surface area contributed by atoms with Gasteiger partial charge in [0.15, 0.2) is 0 Å². The maximum Gasteiger partial charge on any atom is 0.384 e. The Labute approximate surface area is 127 Å². The van der Waals surface area contributed by atoms with Gasteiger partial charge >= 0.3 is 35.5 Å². The molecule has 0 saturated heterocycles. The van der Waals surface area contributed by atoms with Gasteiger partial charge in [-0.2, -0.15) is 65.3 Å². The molecular formula is C10H10F12S. The van der Waals surface area contributed by atoms with E-state index >= 15 is 0 Å². The summed E-state index contributed by atoms with van der Waals surface area (Å²) in [5, 5.41) is 0. The molecule has 0 spiro atoms. The summed E-state index contributed by atoms with van der Waals surface area (Å²) in [6.07, 6.45) is -4.30. The Bertz CT molecular complexity index is 416. The average Bonchev–Trinajstić information content (AvgIpc) is 2.37. The van der Waals surface area contributed by atoms with Gasteiger partial charge in [-0.3, -0.25) is 0 Å². The zero-order valence-electron chi connectivity index (χ0n) is 11.1. The van der Waals surface area contributed by atoms with E-state index in [1.807, 2.05) is 0 Å². The molecule has 23 heavy (non-hydrogen) atoms. The Balaban J connectivity index is 6.17. The fourth-order valence-electron chi connectivity index (χ4n) is 1.37. The second-order valence-electron chi connectivity index (χ2n) is 4.53. The van der Waals surface area contributed by atoms with Crippen LogP contribution in [0.1, 0.15) is 19.8 Å². The van der Waals surface area contributed by atoms with Crippen molar-refractivity contribution in [2.45, 2.75) is 55.3 Å². The SMILES string of the molecule is CCC(F)(F)C(F)(F)C(F)(F)C(F)(F)C(F)(F)C(F)(F)CCS. The van der Waals surface area contributed by atoms with Gasteiger partial charge in [-0.1, -0.05) is 6.92 Å². The van der Waals surface area contributed by atoms with Crippen LogP contribution in [0.25, 0.3) is 0 Å². The summed E-state index contributed by atoms with van der Waals surface area (Å²) < 4.78 is 156. The van der Waals surface area contributed by atoms with Gasteiger partial charge < -0.3 is 0 Å². The smallest absolute Gasteiger partial charge is 0.200 e. The van der Waals surface area contributed by atoms with Crippen LogP contribution in [0, 0.1) is 0 Å². The molecule has 0 fully saturated rings. The molecule has 140 valence electrons. The maximum absolute atomic E-state index is 13.1. The molecule has 13 heteroatoms. The van der Waals surface area contributed by atoms with Crippen molar-refractivity contribution in [1.82, 2.24) is 0 Å². The number of hydrogen-bond acceptors (Lipinski definition) is 1. The Morgan fingerprint density at radius 1 is 0.565 bits per heavy atom. The van der Waals surface area contributed by atoms with Crippen LogP contribution in [0.15, 0.2) is 0 Å². The van der Waals surface area contributed by atoms with Crippen molar-refractivity contribution in [1.29, 1.82) is 0 Å². The molecule has 0 N–H and O–H groups in total. The van der Waals surface area contributed by atoms with Crippen LogP contribution in [0.3, 0.4) is 0 Å². The molecule has 0 amide bonds. The van der Waals surface area contributed by atoms with Crippen molar-refractivity contribution < 1.29 is 52.7 Å². The first-order valence-electron chi connectivity index (χ1n) is 5.75. The minimum Gasteiger partial charge on any atom is -0.200 e. The monoisotopic (exact) mass is 390 g/mol. The van der Waals surface area contributed by atoms with E-state index in [2.05, 4.69) is 12.6 Å². The largest absolute Gasteiger partial charge is 0.384 e. The number of alkyl halides is 12. The minimum atomic E-state index is -7.46. The van der Waals surface area contributed by atoms with Crippen LogP contribution < -0.4 is 0 Å². The molecule has 0 radical (unpaired) electrons. The molecule has 0 rings (SSSR count). The lowest BCUT2D eigenvalue weighted by Crippen LogP contribution is -2.70. The van der Waals surface area contributed by atoms with Gasteiger partial charge in [-0.15, -0.1) is 0 Å². The molecule has 0 aliphatic rings. The third kappa shape index (κ3) is 3.09. The maximum atomic E-state index is 13.1. The lowest BCUT2D eigenvalue weighted by molar-refractivity contribution is -0.425. The summed E-state index contributed by atoms with van der Waals surface area (Å²) in [5.74, 6) is -41.9. The van der Waals surface area contributed by atoms with E-state index in [9.17, 15) is 52.7 Å². The van der Waals surface area contributed by atoms with Crippen LogP contribution in [-0.2, 0) is 0 Å². The molecule has 0 atom stereocenters. The van der Waals surface area contributed by atoms with E-state index < -0.39 is 54.1 Å². The van der Waals surface area contributed by atoms with Crippen LogP contribution in [0.4, 0.5) is 52.7 Å². The Kier molecular flexibility index (Phi) is 5.97. The molecule has 0 aliphatic carbocycles. The molecule has 0 aliphatic heterocycles. The summed E-state index contributed by atoms with van der Waals surface area (Å²) in [5.41, 5.74) is 0. The number of thiol groups is 1. The molecule has 0 unspecified atom stereocenters. The highest BCUT2D eigenvalue weighted by Gasteiger charge is 2.89. The van der Waals surface area contributed by atoms with E-state index in [0.29, 0.717) is 0 Å². The first-order valence-corrected chi connectivity index (χ1v) is 6.38. The lowest BCUT2D eigenvalue weighted by Gasteiger charge is -2.41. The summed E-state index contributed by atoms with van der Waals surface area (Å²) in [6, 6.07) is 0. The highest BCUT2D eigenvalue weighted by Crippen LogP contribution is 2.60. The van der Waals surface area contributed by atoms with Crippen molar-refractivity contribution in [3.63, 3.8) is 0 Å². The van der Waals surface area contributed by atoms with E-state index in [1.165, 1.54) is 0 Å². The number of halogens is 12. The molecular weight excluding hydrogens is 380 g/mol. The van der Waals surface area contributed by atoms with Gasteiger partial charge in [0, 0.05) is 12.8 Å². The predicted molar refractivity (Wildman–Crippen MR) is 58.4 cm³/mol. The van der Waals surface area contributed by atoms with Crippen molar-refractivity contribution in [2.75, 3.05) is 5.75 Å². The molecule has 0 bridgehead atoms. The van der Waals surface area contributed by atoms with Crippen molar-refractivity contribution in [3.8, 4) is 0 Å². The third-order valence-electron chi connectivity index (χ3n) is 2.97. The van der Waals surface area contributed by atoms with Crippen LogP contribution in [0.2, 0.25) is 0 Å². The van der Waals surface area contributed by atoms with Gasteiger partial charge in [0.25, 0.3) is 0 Å². The second-order valence-corrected chi connectivity index (χ2v) is 4.98. The van der Waals surface area contributed by atoms with Crippen LogP contribution >= 0.6 is 12.6 Å². The van der Waals surface area contributed by atoms with Crippen molar-refractivity contribution in [3.05, 3.63) is 0 Å². The van der Waals surface area contributed by atoms with Gasteiger partial charge in [-0.25, -0.2) is 0 Å². The summed E-state index contributed by atoms with van der Waals surface area (Å²) >= 11 is 3.02. The summed E-state index contributed by atoms with van der Waals surface area (Å²) in [6.45, 7) is 0.190. The average molecular weight is 390 g/mol. The Morgan fingerprint density at radius 3 is 1.13 bits per heavy atom. The van der Waals surface area contributed by atoms with Gasteiger partial charge in [0.1, 0.15) is 0 Å². The summed E-state index contributed by atoms with van der Waals surface area (Å²) in [7, 11) is 0. The molecule has 0 saturated carbocycles. The summed E-state index contributed by atoms with van der Waals surface area (Å²) in [4.78, 5) is 0. The van der Waals surface area contributed by atoms with E-state index in [4.69, 9.17) is 0 Å². The molecule has 0 aromatic heterocycles. The topological polar surface area (TPSA) is 0 Å². The zero-order chi connectivity index (χ0) is 19.1. The van der Waals surface area contributed by atoms with Gasteiger partial charge in [0.05, 0.1) is 0 Å². The molecule has 0 nitrogen and oxygen atoms in total. The fourth-order valence-corrected chi connectivity index (χ4v) is 1.65. The first kappa shape index (κ1) is 22.5. The Morgan fingerprint density at radius 2 is 0.870 bits per heavy atom. The van der Waals surface area contributed by atoms with Crippen LogP contribution in [0.5, 0.6) is 0 Å². The number of hydrogen-bond donors (Lipinski definition) is 1. The standard InChI is InChI=1S/C10H10F12S/c1-2-5(11,12)7(15,16)9(19,20)10(21,22)8(17,18)6(13,14)3-4-23/h23H,2-4H2,1H3. The minimum absolute atomic E-state index is 0.190. The van der Waals surface area contributed by atoms with Crippen molar-refractivity contribution >= 4 is 12.6 Å². The predicted octanol–water partition coefficient (Wildman–Crippen LogP) is 5.53. The van der Waals surface area contributed by atoms with Crippen LogP contribution in [-0.4, -0.2) is 41.3 Å².